The zero-order chi connectivity index (χ0) is 19.4. The summed E-state index contributed by atoms with van der Waals surface area (Å²) in [6.07, 6.45) is 3.99. The smallest absolute Gasteiger partial charge is 0.123 e. The van der Waals surface area contributed by atoms with E-state index < -0.39 is 0 Å². The fraction of sp³-hybridized carbons (Fsp3) is 0.148. The number of aryl methyl sites for hydroxylation is 2. The molecule has 1 nitrogen and oxygen atoms in total. The largest absolute Gasteiger partial charge is 0.247 e. The van der Waals surface area contributed by atoms with Crippen LogP contribution in [0.2, 0.25) is 0 Å². The Morgan fingerprint density at radius 1 is 0.586 bits per heavy atom. The molecule has 0 atom stereocenters. The molecule has 0 aliphatic heterocycles. The van der Waals surface area contributed by atoms with E-state index >= 15 is 0 Å². The second-order valence-corrected chi connectivity index (χ2v) is 7.96. The summed E-state index contributed by atoms with van der Waals surface area (Å²) in [5, 5.41) is 0. The van der Waals surface area contributed by atoms with Gasteiger partial charge in [0.1, 0.15) is 5.82 Å². The maximum atomic E-state index is 13.7. The van der Waals surface area contributed by atoms with Crippen LogP contribution >= 0.6 is 0 Å². The molecule has 0 fully saturated rings. The van der Waals surface area contributed by atoms with Gasteiger partial charge in [-0.3, -0.25) is 0 Å². The molecule has 0 spiro atoms. The summed E-state index contributed by atoms with van der Waals surface area (Å²) >= 11 is 0. The number of hydrogen-bond acceptors (Lipinski definition) is 1. The number of fused-ring (bicyclic) bond motifs is 6. The van der Waals surface area contributed by atoms with Crippen LogP contribution in [0.3, 0.4) is 0 Å². The van der Waals surface area contributed by atoms with Crippen molar-refractivity contribution in [3.8, 4) is 33.6 Å². The summed E-state index contributed by atoms with van der Waals surface area (Å²) in [5.41, 5.74) is 12.4. The minimum Gasteiger partial charge on any atom is -0.247 e. The third-order valence-electron chi connectivity index (χ3n) is 6.37. The predicted octanol–water partition coefficient (Wildman–Crippen LogP) is 6.42. The van der Waals surface area contributed by atoms with Gasteiger partial charge in [-0.05, 0) is 71.2 Å². The van der Waals surface area contributed by atoms with Crippen molar-refractivity contribution in [2.75, 3.05) is 0 Å². The van der Waals surface area contributed by atoms with Gasteiger partial charge in [0, 0.05) is 11.1 Å². The van der Waals surface area contributed by atoms with E-state index in [-0.39, 0.29) is 5.82 Å². The van der Waals surface area contributed by atoms with Crippen molar-refractivity contribution in [1.29, 1.82) is 0 Å². The van der Waals surface area contributed by atoms with E-state index in [2.05, 4.69) is 48.5 Å². The molecule has 4 aromatic rings. The number of halogens is 1. The Kier molecular flexibility index (Phi) is 3.67. The Balaban J connectivity index is 1.71. The van der Waals surface area contributed by atoms with Crippen LogP contribution in [-0.4, -0.2) is 4.98 Å². The van der Waals surface area contributed by atoms with Gasteiger partial charge in [-0.25, -0.2) is 9.37 Å². The average Bonchev–Trinajstić information content (AvgIpc) is 2.78. The van der Waals surface area contributed by atoms with Gasteiger partial charge in [0.2, 0.25) is 0 Å². The maximum absolute atomic E-state index is 13.7. The molecular formula is C27H20FN. The Morgan fingerprint density at radius 3 is 1.66 bits per heavy atom. The highest BCUT2D eigenvalue weighted by Crippen LogP contribution is 2.45. The van der Waals surface area contributed by atoms with E-state index in [0.29, 0.717) is 0 Å². The Morgan fingerprint density at radius 2 is 1.10 bits per heavy atom. The average molecular weight is 377 g/mol. The minimum absolute atomic E-state index is 0.193. The third-order valence-corrected chi connectivity index (χ3v) is 6.37. The topological polar surface area (TPSA) is 12.9 Å². The molecule has 0 bridgehead atoms. The van der Waals surface area contributed by atoms with Crippen molar-refractivity contribution in [1.82, 2.24) is 4.98 Å². The molecule has 3 aromatic carbocycles. The zero-order valence-electron chi connectivity index (χ0n) is 16.1. The summed E-state index contributed by atoms with van der Waals surface area (Å²) in [5.74, 6) is -0.193. The van der Waals surface area contributed by atoms with Gasteiger partial charge >= 0.3 is 0 Å². The molecule has 1 heterocycles. The van der Waals surface area contributed by atoms with Gasteiger partial charge in [0.25, 0.3) is 0 Å². The van der Waals surface area contributed by atoms with Crippen LogP contribution in [0.5, 0.6) is 0 Å². The molecule has 140 valence electrons. The maximum Gasteiger partial charge on any atom is 0.123 e. The second-order valence-electron chi connectivity index (χ2n) is 7.96. The number of benzene rings is 3. The van der Waals surface area contributed by atoms with Crippen LogP contribution in [-0.2, 0) is 25.7 Å². The molecular weight excluding hydrogens is 357 g/mol. The monoisotopic (exact) mass is 377 g/mol. The molecule has 2 aliphatic carbocycles. The number of rotatable bonds is 1. The highest BCUT2D eigenvalue weighted by molar-refractivity contribution is 5.87. The Bertz CT molecular complexity index is 1180. The van der Waals surface area contributed by atoms with Crippen LogP contribution in [0.25, 0.3) is 33.6 Å². The first-order valence-corrected chi connectivity index (χ1v) is 10.3. The van der Waals surface area contributed by atoms with Crippen LogP contribution in [0, 0.1) is 5.82 Å². The molecule has 0 saturated carbocycles. The summed E-state index contributed by atoms with van der Waals surface area (Å²) in [6, 6.07) is 24.2. The van der Waals surface area contributed by atoms with Crippen LogP contribution < -0.4 is 0 Å². The second kappa shape index (κ2) is 6.38. The van der Waals surface area contributed by atoms with Gasteiger partial charge in [0.05, 0.1) is 11.4 Å². The van der Waals surface area contributed by atoms with Crippen LogP contribution in [0.15, 0.2) is 72.8 Å². The summed E-state index contributed by atoms with van der Waals surface area (Å²) in [6.45, 7) is 0. The first-order chi connectivity index (χ1) is 14.3. The summed E-state index contributed by atoms with van der Waals surface area (Å²) < 4.78 is 13.7. The number of hydrogen-bond donors (Lipinski definition) is 0. The lowest BCUT2D eigenvalue weighted by atomic mass is 9.78. The molecule has 6 rings (SSSR count). The molecule has 2 aliphatic rings. The first kappa shape index (κ1) is 16.7. The van der Waals surface area contributed by atoms with E-state index in [0.717, 1.165) is 42.6 Å². The van der Waals surface area contributed by atoms with Gasteiger partial charge in [-0.2, -0.15) is 0 Å². The molecule has 0 radical (unpaired) electrons. The quantitative estimate of drug-likeness (QED) is 0.373. The third kappa shape index (κ3) is 2.56. The number of nitrogens with zero attached hydrogens (tertiary/aromatic N) is 1. The highest BCUT2D eigenvalue weighted by atomic mass is 19.1. The zero-order valence-corrected chi connectivity index (χ0v) is 16.1. The lowest BCUT2D eigenvalue weighted by molar-refractivity contribution is 0.628. The van der Waals surface area contributed by atoms with Crippen molar-refractivity contribution in [3.05, 3.63) is 101 Å². The fourth-order valence-electron chi connectivity index (χ4n) is 5.02. The predicted molar refractivity (Wildman–Crippen MR) is 115 cm³/mol. The van der Waals surface area contributed by atoms with Crippen molar-refractivity contribution in [3.63, 3.8) is 0 Å². The molecule has 0 saturated heterocycles. The molecule has 1 aromatic heterocycles. The number of aromatic nitrogens is 1. The van der Waals surface area contributed by atoms with Gasteiger partial charge in [-0.1, -0.05) is 60.7 Å². The van der Waals surface area contributed by atoms with Crippen molar-refractivity contribution in [2.24, 2.45) is 0 Å². The summed E-state index contributed by atoms with van der Waals surface area (Å²) in [7, 11) is 0. The molecule has 0 N–H and O–H groups in total. The fourth-order valence-corrected chi connectivity index (χ4v) is 5.02. The van der Waals surface area contributed by atoms with E-state index in [1.54, 1.807) is 12.1 Å². The lowest BCUT2D eigenvalue weighted by Crippen LogP contribution is -2.14. The Hall–Kier alpha value is -3.26. The molecule has 29 heavy (non-hydrogen) atoms. The van der Waals surface area contributed by atoms with Crippen molar-refractivity contribution in [2.45, 2.75) is 25.7 Å². The van der Waals surface area contributed by atoms with Gasteiger partial charge in [-0.15, -0.1) is 0 Å². The van der Waals surface area contributed by atoms with Crippen LogP contribution in [0.4, 0.5) is 4.39 Å². The van der Waals surface area contributed by atoms with Crippen LogP contribution in [0.1, 0.15) is 22.3 Å². The number of pyridine rings is 1. The standard InChI is InChI=1S/C27H20FN/c28-20-13-9-19(10-14-20)25-23-15-11-17-5-1-3-7-21(17)26(23)29-27-22-8-4-2-6-18(22)12-16-24(25)27/h1-10,13-14H,11-12,15-16H2. The summed E-state index contributed by atoms with van der Waals surface area (Å²) in [4.78, 5) is 5.27. The van der Waals surface area contributed by atoms with Gasteiger partial charge < -0.3 is 0 Å². The van der Waals surface area contributed by atoms with E-state index in [9.17, 15) is 4.39 Å². The highest BCUT2D eigenvalue weighted by Gasteiger charge is 2.28. The van der Waals surface area contributed by atoms with Gasteiger partial charge in [0.15, 0.2) is 0 Å². The van der Waals surface area contributed by atoms with E-state index in [4.69, 9.17) is 4.98 Å². The van der Waals surface area contributed by atoms with Crippen molar-refractivity contribution < 1.29 is 4.39 Å². The first-order valence-electron chi connectivity index (χ1n) is 10.3. The van der Waals surface area contributed by atoms with E-state index in [1.807, 2.05) is 12.1 Å². The van der Waals surface area contributed by atoms with E-state index in [1.165, 1.54) is 38.9 Å². The Labute approximate surface area is 169 Å². The molecule has 0 amide bonds. The lowest BCUT2D eigenvalue weighted by Gasteiger charge is -2.29. The molecule has 0 unspecified atom stereocenters. The normalized spacial score (nSPS) is 13.8. The SMILES string of the molecule is Fc1ccc(-c2c3c(nc4c2CCc2ccccc2-4)-c2ccccc2CC3)cc1. The minimum atomic E-state index is -0.193. The van der Waals surface area contributed by atoms with Crippen molar-refractivity contribution >= 4 is 0 Å². The molecule has 2 heteroatoms.